The normalized spacial score (nSPS) is 11.0. The molecule has 3 rings (SSSR count). The smallest absolute Gasteiger partial charge is 0.175 e. The molecule has 0 atom stereocenters. The number of aromatic nitrogens is 4. The van der Waals surface area contributed by atoms with Crippen LogP contribution in [-0.2, 0) is 5.75 Å². The molecule has 0 amide bonds. The van der Waals surface area contributed by atoms with Crippen LogP contribution in [0.15, 0.2) is 41.4 Å². The molecule has 0 aliphatic heterocycles. The third kappa shape index (κ3) is 3.86. The Hall–Kier alpha value is -1.56. The lowest BCUT2D eigenvalue weighted by molar-refractivity contribution is 0.765. The van der Waals surface area contributed by atoms with Crippen molar-refractivity contribution in [3.8, 4) is 5.82 Å². The number of benzene rings is 1. The summed E-state index contributed by atoms with van der Waals surface area (Å²) < 4.78 is 1.79. The van der Waals surface area contributed by atoms with E-state index in [-0.39, 0.29) is 0 Å². The summed E-state index contributed by atoms with van der Waals surface area (Å²) in [5.74, 6) is 1.47. The van der Waals surface area contributed by atoms with Gasteiger partial charge in [0.2, 0.25) is 0 Å². The first-order chi connectivity index (χ1) is 11.0. The van der Waals surface area contributed by atoms with Gasteiger partial charge in [-0.1, -0.05) is 41.0 Å². The Morgan fingerprint density at radius 2 is 1.83 bits per heavy atom. The van der Waals surface area contributed by atoms with E-state index in [1.54, 1.807) is 22.5 Å². The Labute approximate surface area is 148 Å². The van der Waals surface area contributed by atoms with E-state index >= 15 is 0 Å². The number of thioether (sulfide) groups is 1. The standard InChI is InChI=1S/C16H14Cl2N4S/c1-10-7-11(2)22(21-10)15-5-6-16(20-19-15)23-9-12-3-4-13(17)14(18)8-12/h3-8H,9H2,1-2H3. The van der Waals surface area contributed by atoms with Gasteiger partial charge in [0.05, 0.1) is 15.7 Å². The van der Waals surface area contributed by atoms with Crippen molar-refractivity contribution < 1.29 is 0 Å². The number of hydrogen-bond acceptors (Lipinski definition) is 4. The van der Waals surface area contributed by atoms with Gasteiger partial charge in [-0.3, -0.25) is 0 Å². The van der Waals surface area contributed by atoms with Crippen LogP contribution in [0, 0.1) is 13.8 Å². The molecular weight excluding hydrogens is 351 g/mol. The zero-order valence-corrected chi connectivity index (χ0v) is 15.0. The predicted octanol–water partition coefficient (Wildman–Crippen LogP) is 4.88. The fraction of sp³-hybridized carbons (Fsp3) is 0.188. The molecule has 0 radical (unpaired) electrons. The molecule has 7 heteroatoms. The zero-order chi connectivity index (χ0) is 16.4. The first kappa shape index (κ1) is 16.3. The van der Waals surface area contributed by atoms with Gasteiger partial charge in [-0.05, 0) is 49.7 Å². The van der Waals surface area contributed by atoms with Crippen LogP contribution >= 0.6 is 35.0 Å². The highest BCUT2D eigenvalue weighted by Gasteiger charge is 2.07. The van der Waals surface area contributed by atoms with E-state index in [1.807, 2.05) is 44.2 Å². The number of rotatable bonds is 4. The average Bonchev–Trinajstić information content (AvgIpc) is 2.87. The van der Waals surface area contributed by atoms with Crippen molar-refractivity contribution in [1.82, 2.24) is 20.0 Å². The number of halogens is 2. The van der Waals surface area contributed by atoms with Crippen LogP contribution in [-0.4, -0.2) is 20.0 Å². The van der Waals surface area contributed by atoms with Gasteiger partial charge in [0.15, 0.2) is 5.82 Å². The van der Waals surface area contributed by atoms with Gasteiger partial charge in [0, 0.05) is 11.4 Å². The molecule has 0 saturated heterocycles. The molecule has 0 aliphatic rings. The lowest BCUT2D eigenvalue weighted by Crippen LogP contribution is -2.03. The Morgan fingerprint density at radius 3 is 2.43 bits per heavy atom. The molecule has 0 saturated carbocycles. The SMILES string of the molecule is Cc1cc(C)n(-c2ccc(SCc3ccc(Cl)c(Cl)c3)nn2)n1. The molecule has 0 spiro atoms. The average molecular weight is 365 g/mol. The summed E-state index contributed by atoms with van der Waals surface area (Å²) in [5, 5.41) is 14.9. The molecule has 0 N–H and O–H groups in total. The van der Waals surface area contributed by atoms with Crippen molar-refractivity contribution in [2.75, 3.05) is 0 Å². The van der Waals surface area contributed by atoms with Crippen LogP contribution in [0.2, 0.25) is 10.0 Å². The Morgan fingerprint density at radius 1 is 1.00 bits per heavy atom. The molecule has 4 nitrogen and oxygen atoms in total. The van der Waals surface area contributed by atoms with Crippen molar-refractivity contribution >= 4 is 35.0 Å². The van der Waals surface area contributed by atoms with E-state index in [9.17, 15) is 0 Å². The molecule has 23 heavy (non-hydrogen) atoms. The van der Waals surface area contributed by atoms with Crippen LogP contribution in [0.25, 0.3) is 5.82 Å². The van der Waals surface area contributed by atoms with Crippen molar-refractivity contribution in [2.45, 2.75) is 24.6 Å². The van der Waals surface area contributed by atoms with Gasteiger partial charge in [0.1, 0.15) is 5.03 Å². The highest BCUT2D eigenvalue weighted by atomic mass is 35.5. The fourth-order valence-corrected chi connectivity index (χ4v) is 3.23. The molecule has 2 heterocycles. The topological polar surface area (TPSA) is 43.6 Å². The maximum atomic E-state index is 6.02. The minimum absolute atomic E-state index is 0.564. The second kappa shape index (κ2) is 6.91. The Balaban J connectivity index is 1.70. The van der Waals surface area contributed by atoms with Crippen LogP contribution < -0.4 is 0 Å². The van der Waals surface area contributed by atoms with Crippen LogP contribution in [0.1, 0.15) is 17.0 Å². The van der Waals surface area contributed by atoms with Crippen molar-refractivity contribution in [3.05, 3.63) is 63.4 Å². The first-order valence-electron chi connectivity index (χ1n) is 6.97. The summed E-state index contributed by atoms with van der Waals surface area (Å²) in [6, 6.07) is 11.5. The van der Waals surface area contributed by atoms with Gasteiger partial charge in [-0.2, -0.15) is 5.10 Å². The Kier molecular flexibility index (Phi) is 4.90. The quantitative estimate of drug-likeness (QED) is 0.618. The van der Waals surface area contributed by atoms with Gasteiger partial charge in [-0.15, -0.1) is 10.2 Å². The lowest BCUT2D eigenvalue weighted by Gasteiger charge is -2.05. The third-order valence-corrected chi connectivity index (χ3v) is 4.95. The molecule has 0 aliphatic carbocycles. The molecular formula is C16H14Cl2N4S. The highest BCUT2D eigenvalue weighted by Crippen LogP contribution is 2.26. The molecule has 1 aromatic carbocycles. The fourth-order valence-electron chi connectivity index (χ4n) is 2.15. The minimum Gasteiger partial charge on any atom is -0.218 e. The summed E-state index contributed by atoms with van der Waals surface area (Å²) in [7, 11) is 0. The van der Waals surface area contributed by atoms with E-state index in [2.05, 4.69) is 15.3 Å². The predicted molar refractivity (Wildman–Crippen MR) is 94.7 cm³/mol. The second-order valence-corrected chi connectivity index (χ2v) is 6.92. The van der Waals surface area contributed by atoms with Crippen LogP contribution in [0.5, 0.6) is 0 Å². The van der Waals surface area contributed by atoms with Gasteiger partial charge < -0.3 is 0 Å². The molecule has 0 bridgehead atoms. The number of hydrogen-bond donors (Lipinski definition) is 0. The zero-order valence-electron chi connectivity index (χ0n) is 12.6. The van der Waals surface area contributed by atoms with E-state index in [1.165, 1.54) is 0 Å². The highest BCUT2D eigenvalue weighted by molar-refractivity contribution is 7.98. The summed E-state index contributed by atoms with van der Waals surface area (Å²) in [4.78, 5) is 0. The summed E-state index contributed by atoms with van der Waals surface area (Å²) in [5.41, 5.74) is 3.09. The third-order valence-electron chi connectivity index (χ3n) is 3.22. The number of nitrogens with zero attached hydrogens (tertiary/aromatic N) is 4. The molecule has 0 fully saturated rings. The van der Waals surface area contributed by atoms with Gasteiger partial charge >= 0.3 is 0 Å². The summed E-state index contributed by atoms with van der Waals surface area (Å²) in [6.45, 7) is 3.95. The largest absolute Gasteiger partial charge is 0.218 e. The maximum Gasteiger partial charge on any atom is 0.175 e. The van der Waals surface area contributed by atoms with Crippen molar-refractivity contribution in [1.29, 1.82) is 0 Å². The molecule has 0 unspecified atom stereocenters. The van der Waals surface area contributed by atoms with E-state index in [0.29, 0.717) is 10.0 Å². The molecule has 118 valence electrons. The first-order valence-corrected chi connectivity index (χ1v) is 8.71. The van der Waals surface area contributed by atoms with Gasteiger partial charge in [-0.25, -0.2) is 4.68 Å². The van der Waals surface area contributed by atoms with E-state index < -0.39 is 0 Å². The number of aryl methyl sites for hydroxylation is 2. The second-order valence-electron chi connectivity index (χ2n) is 5.11. The maximum absolute atomic E-state index is 6.02. The molecule has 2 aromatic heterocycles. The van der Waals surface area contributed by atoms with E-state index in [0.717, 1.165) is 33.5 Å². The summed E-state index contributed by atoms with van der Waals surface area (Å²) in [6.07, 6.45) is 0. The van der Waals surface area contributed by atoms with Crippen LogP contribution in [0.4, 0.5) is 0 Å². The monoisotopic (exact) mass is 364 g/mol. The van der Waals surface area contributed by atoms with Crippen molar-refractivity contribution in [3.63, 3.8) is 0 Å². The van der Waals surface area contributed by atoms with Crippen LogP contribution in [0.3, 0.4) is 0 Å². The molecule has 3 aromatic rings. The Bertz CT molecular complexity index is 831. The summed E-state index contributed by atoms with van der Waals surface area (Å²) >= 11 is 13.5. The lowest BCUT2D eigenvalue weighted by atomic mass is 10.2. The van der Waals surface area contributed by atoms with Crippen molar-refractivity contribution in [2.24, 2.45) is 0 Å². The minimum atomic E-state index is 0.564. The van der Waals surface area contributed by atoms with Gasteiger partial charge in [0.25, 0.3) is 0 Å². The van der Waals surface area contributed by atoms with E-state index in [4.69, 9.17) is 23.2 Å².